The third kappa shape index (κ3) is 4.71. The van der Waals surface area contributed by atoms with E-state index >= 15 is 0 Å². The Bertz CT molecular complexity index is 910. The van der Waals surface area contributed by atoms with Crippen LogP contribution in [0.25, 0.3) is 6.08 Å². The minimum Gasteiger partial charge on any atom is -0.379 e. The average Bonchev–Trinajstić information content (AvgIpc) is 2.73. The normalized spacial score (nSPS) is 15.9. The number of ketones is 1. The summed E-state index contributed by atoms with van der Waals surface area (Å²) in [5.41, 5.74) is 2.65. The summed E-state index contributed by atoms with van der Waals surface area (Å²) in [5.74, 6) is -0.162. The van der Waals surface area contributed by atoms with Gasteiger partial charge in [-0.3, -0.25) is 4.79 Å². The molecule has 0 amide bonds. The molecule has 0 radical (unpaired) electrons. The molecule has 1 saturated heterocycles. The van der Waals surface area contributed by atoms with Crippen molar-refractivity contribution in [2.45, 2.75) is 18.2 Å². The first-order valence-corrected chi connectivity index (χ1v) is 10.4. The number of morpholine rings is 1. The summed E-state index contributed by atoms with van der Waals surface area (Å²) in [6, 6.07) is 14.1. The molecule has 1 aliphatic rings. The fraction of sp³-hybridized carbons (Fsp3) is 0.286. The van der Waals surface area contributed by atoms with Gasteiger partial charge in [-0.2, -0.15) is 4.31 Å². The molecule has 5 nitrogen and oxygen atoms in total. The first-order valence-electron chi connectivity index (χ1n) is 9.00. The lowest BCUT2D eigenvalue weighted by molar-refractivity contribution is 0.0730. The molecule has 142 valence electrons. The number of rotatable bonds is 6. The van der Waals surface area contributed by atoms with E-state index < -0.39 is 10.0 Å². The zero-order chi connectivity index (χ0) is 19.3. The lowest BCUT2D eigenvalue weighted by Crippen LogP contribution is -2.40. The van der Waals surface area contributed by atoms with E-state index in [0.717, 1.165) is 12.0 Å². The van der Waals surface area contributed by atoms with Crippen molar-refractivity contribution in [1.82, 2.24) is 4.31 Å². The van der Waals surface area contributed by atoms with Gasteiger partial charge in [-0.1, -0.05) is 37.3 Å². The Kier molecular flexibility index (Phi) is 6.21. The smallest absolute Gasteiger partial charge is 0.243 e. The second kappa shape index (κ2) is 8.61. The topological polar surface area (TPSA) is 63.7 Å². The van der Waals surface area contributed by atoms with Crippen molar-refractivity contribution in [3.8, 4) is 0 Å². The molecule has 0 atom stereocenters. The molecule has 0 aromatic heterocycles. The molecule has 0 N–H and O–H groups in total. The molecule has 1 heterocycles. The van der Waals surface area contributed by atoms with Crippen molar-refractivity contribution in [2.24, 2.45) is 0 Å². The number of ether oxygens (including phenoxy) is 1. The number of sulfonamides is 1. The summed E-state index contributed by atoms with van der Waals surface area (Å²) >= 11 is 0. The zero-order valence-corrected chi connectivity index (χ0v) is 16.1. The van der Waals surface area contributed by atoms with Gasteiger partial charge in [0.15, 0.2) is 5.78 Å². The van der Waals surface area contributed by atoms with Gasteiger partial charge in [0.2, 0.25) is 10.0 Å². The van der Waals surface area contributed by atoms with Crippen molar-refractivity contribution in [3.63, 3.8) is 0 Å². The Hall–Kier alpha value is -2.28. The van der Waals surface area contributed by atoms with E-state index in [9.17, 15) is 13.2 Å². The number of aryl methyl sites for hydroxylation is 1. The quantitative estimate of drug-likeness (QED) is 0.566. The van der Waals surface area contributed by atoms with E-state index in [0.29, 0.717) is 31.9 Å². The number of carbonyl (C=O) groups excluding carboxylic acids is 1. The van der Waals surface area contributed by atoms with E-state index in [1.807, 2.05) is 24.3 Å². The molecule has 0 bridgehead atoms. The summed E-state index contributed by atoms with van der Waals surface area (Å²) in [4.78, 5) is 12.5. The Morgan fingerprint density at radius 3 is 2.26 bits per heavy atom. The minimum absolute atomic E-state index is 0.162. The van der Waals surface area contributed by atoms with Gasteiger partial charge in [0.05, 0.1) is 18.1 Å². The van der Waals surface area contributed by atoms with Crippen LogP contribution in [0.5, 0.6) is 0 Å². The van der Waals surface area contributed by atoms with Gasteiger partial charge in [0.1, 0.15) is 0 Å². The van der Waals surface area contributed by atoms with Crippen LogP contribution in [0.3, 0.4) is 0 Å². The number of nitrogens with zero attached hydrogens (tertiary/aromatic N) is 1. The van der Waals surface area contributed by atoms with Gasteiger partial charge in [0, 0.05) is 18.7 Å². The molecular formula is C21H23NO4S. The predicted molar refractivity (Wildman–Crippen MR) is 105 cm³/mol. The number of allylic oxidation sites excluding steroid dienone is 1. The predicted octanol–water partition coefficient (Wildman–Crippen LogP) is 3.17. The third-order valence-corrected chi connectivity index (χ3v) is 6.47. The summed E-state index contributed by atoms with van der Waals surface area (Å²) < 4.78 is 31.8. The second-order valence-electron chi connectivity index (χ2n) is 6.33. The molecule has 1 aliphatic heterocycles. The standard InChI is InChI=1S/C21H23NO4S/c1-2-17-3-5-18(6-4-17)7-12-21(23)19-8-10-20(11-9-19)27(24,25)22-13-15-26-16-14-22/h3-12H,2,13-16H2,1H3/b12-7+. The highest BCUT2D eigenvalue weighted by Gasteiger charge is 2.26. The van der Waals surface area contributed by atoms with Crippen LogP contribution < -0.4 is 0 Å². The van der Waals surface area contributed by atoms with Crippen molar-refractivity contribution in [3.05, 3.63) is 71.3 Å². The molecule has 2 aromatic carbocycles. The van der Waals surface area contributed by atoms with E-state index in [1.165, 1.54) is 28.1 Å². The van der Waals surface area contributed by atoms with Crippen LogP contribution in [0.2, 0.25) is 0 Å². The largest absolute Gasteiger partial charge is 0.379 e. The maximum Gasteiger partial charge on any atom is 0.243 e. The van der Waals surface area contributed by atoms with Crippen LogP contribution >= 0.6 is 0 Å². The summed E-state index contributed by atoms with van der Waals surface area (Å²) in [6.07, 6.45) is 4.25. The van der Waals surface area contributed by atoms with E-state index in [4.69, 9.17) is 4.74 Å². The Labute approximate surface area is 160 Å². The molecule has 0 aliphatic carbocycles. The number of carbonyl (C=O) groups is 1. The third-order valence-electron chi connectivity index (χ3n) is 4.56. The Morgan fingerprint density at radius 2 is 1.67 bits per heavy atom. The van der Waals surface area contributed by atoms with Crippen LogP contribution in [0.1, 0.15) is 28.4 Å². The van der Waals surface area contributed by atoms with Crippen LogP contribution in [0.15, 0.2) is 59.5 Å². The monoisotopic (exact) mass is 385 g/mol. The first kappa shape index (κ1) is 19.5. The fourth-order valence-electron chi connectivity index (χ4n) is 2.86. The minimum atomic E-state index is -3.54. The second-order valence-corrected chi connectivity index (χ2v) is 8.27. The maximum absolute atomic E-state index is 12.6. The van der Waals surface area contributed by atoms with Crippen LogP contribution in [0, 0.1) is 0 Å². The van der Waals surface area contributed by atoms with Crippen LogP contribution in [-0.4, -0.2) is 44.8 Å². The zero-order valence-electron chi connectivity index (χ0n) is 15.3. The van der Waals surface area contributed by atoms with E-state index in [1.54, 1.807) is 18.2 Å². The Morgan fingerprint density at radius 1 is 1.04 bits per heavy atom. The number of hydrogen-bond acceptors (Lipinski definition) is 4. The molecule has 2 aromatic rings. The molecule has 1 fully saturated rings. The van der Waals surface area contributed by atoms with Gasteiger partial charge in [0.25, 0.3) is 0 Å². The van der Waals surface area contributed by atoms with Crippen LogP contribution in [-0.2, 0) is 21.2 Å². The maximum atomic E-state index is 12.6. The van der Waals surface area contributed by atoms with Gasteiger partial charge in [-0.15, -0.1) is 0 Å². The number of benzene rings is 2. The fourth-order valence-corrected chi connectivity index (χ4v) is 4.27. The highest BCUT2D eigenvalue weighted by molar-refractivity contribution is 7.89. The molecular weight excluding hydrogens is 362 g/mol. The summed E-state index contributed by atoms with van der Waals surface area (Å²) in [6.45, 7) is 3.60. The summed E-state index contributed by atoms with van der Waals surface area (Å²) in [5, 5.41) is 0. The van der Waals surface area contributed by atoms with Crippen molar-refractivity contribution in [2.75, 3.05) is 26.3 Å². The highest BCUT2D eigenvalue weighted by Crippen LogP contribution is 2.18. The van der Waals surface area contributed by atoms with Crippen molar-refractivity contribution < 1.29 is 17.9 Å². The molecule has 0 spiro atoms. The van der Waals surface area contributed by atoms with Gasteiger partial charge in [-0.25, -0.2) is 8.42 Å². The molecule has 6 heteroatoms. The van der Waals surface area contributed by atoms with E-state index in [-0.39, 0.29) is 10.7 Å². The molecule has 0 unspecified atom stereocenters. The molecule has 3 rings (SSSR count). The lowest BCUT2D eigenvalue weighted by atomic mass is 10.1. The van der Waals surface area contributed by atoms with Crippen molar-refractivity contribution >= 4 is 21.9 Å². The highest BCUT2D eigenvalue weighted by atomic mass is 32.2. The van der Waals surface area contributed by atoms with Gasteiger partial charge >= 0.3 is 0 Å². The first-order chi connectivity index (χ1) is 13.0. The molecule has 0 saturated carbocycles. The molecule has 27 heavy (non-hydrogen) atoms. The lowest BCUT2D eigenvalue weighted by Gasteiger charge is -2.26. The average molecular weight is 385 g/mol. The van der Waals surface area contributed by atoms with Gasteiger partial charge in [-0.05, 0) is 47.9 Å². The SMILES string of the molecule is CCc1ccc(/C=C/C(=O)c2ccc(S(=O)(=O)N3CCOCC3)cc2)cc1. The van der Waals surface area contributed by atoms with Gasteiger partial charge < -0.3 is 4.74 Å². The van der Waals surface area contributed by atoms with E-state index in [2.05, 4.69) is 6.92 Å². The Balaban J connectivity index is 1.70. The van der Waals surface area contributed by atoms with Crippen LogP contribution in [0.4, 0.5) is 0 Å². The van der Waals surface area contributed by atoms with Crippen molar-refractivity contribution in [1.29, 1.82) is 0 Å². The summed E-state index contributed by atoms with van der Waals surface area (Å²) in [7, 11) is -3.54. The number of hydrogen-bond donors (Lipinski definition) is 0.